The van der Waals surface area contributed by atoms with Crippen molar-refractivity contribution >= 4 is 29.3 Å². The Kier molecular flexibility index (Phi) is 8.91. The van der Waals surface area contributed by atoms with E-state index in [4.69, 9.17) is 4.74 Å². The summed E-state index contributed by atoms with van der Waals surface area (Å²) in [5.74, 6) is -1.23. The zero-order valence-electron chi connectivity index (χ0n) is 24.4. The molecule has 0 amide bonds. The number of aryl methyl sites for hydroxylation is 1. The van der Waals surface area contributed by atoms with E-state index in [2.05, 4.69) is 17.2 Å². The second-order valence-corrected chi connectivity index (χ2v) is 12.7. The molecule has 2 saturated carbocycles. The SMILES string of the molecule is Cc1cc(COC(=O)CC2CCC(C3CCC(C(=O)c4ccc5c(c4)N=CC(C)N5)CC3)CC2)cc(C(C)(F)F)c1. The molecule has 1 N–H and O–H groups in total. The number of nitrogens with zero attached hydrogens (tertiary/aromatic N) is 1. The number of benzene rings is 2. The van der Waals surface area contributed by atoms with Crippen LogP contribution in [0.25, 0.3) is 0 Å². The van der Waals surface area contributed by atoms with E-state index in [1.165, 1.54) is 12.1 Å². The van der Waals surface area contributed by atoms with Crippen molar-refractivity contribution in [1.82, 2.24) is 0 Å². The molecule has 2 fully saturated rings. The summed E-state index contributed by atoms with van der Waals surface area (Å²) in [6, 6.07) is 10.7. The Labute approximate surface area is 242 Å². The average Bonchev–Trinajstić information content (AvgIpc) is 2.95. The molecular formula is C34H42F2N2O3. The Hall–Kier alpha value is -3.09. The van der Waals surface area contributed by atoms with Crippen molar-refractivity contribution in [3.63, 3.8) is 0 Å². The molecule has 5 nitrogen and oxygen atoms in total. The lowest BCUT2D eigenvalue weighted by Gasteiger charge is -2.37. The van der Waals surface area contributed by atoms with E-state index in [1.54, 1.807) is 13.0 Å². The summed E-state index contributed by atoms with van der Waals surface area (Å²) < 4.78 is 33.0. The maximum atomic E-state index is 13.7. The minimum Gasteiger partial charge on any atom is -0.461 e. The molecule has 0 spiro atoms. The van der Waals surface area contributed by atoms with E-state index in [0.717, 1.165) is 80.8 Å². The number of ether oxygens (including phenoxy) is 1. The predicted molar refractivity (Wildman–Crippen MR) is 158 cm³/mol. The summed E-state index contributed by atoms with van der Waals surface area (Å²) in [5.41, 5.74) is 3.86. The largest absolute Gasteiger partial charge is 0.461 e. The molecule has 1 heterocycles. The fourth-order valence-corrected chi connectivity index (χ4v) is 7.00. The van der Waals surface area contributed by atoms with E-state index < -0.39 is 5.92 Å². The van der Waals surface area contributed by atoms with E-state index in [0.29, 0.717) is 29.7 Å². The van der Waals surface area contributed by atoms with Gasteiger partial charge in [-0.2, -0.15) is 0 Å². The maximum Gasteiger partial charge on any atom is 0.306 e. The molecule has 7 heteroatoms. The number of Topliss-reactive ketones (excluding diaryl/α,β-unsaturated/α-hetero) is 1. The van der Waals surface area contributed by atoms with Crippen LogP contribution in [0.5, 0.6) is 0 Å². The van der Waals surface area contributed by atoms with Crippen LogP contribution in [0, 0.1) is 30.6 Å². The number of hydrogen-bond acceptors (Lipinski definition) is 5. The smallest absolute Gasteiger partial charge is 0.306 e. The first kappa shape index (κ1) is 29.4. The standard InChI is InChI=1S/C34H42F2N2O3/c1-21-14-24(16-29(15-21)34(3,35)36)20-41-32(39)17-23-4-6-25(7-5-23)26-8-10-27(11-9-26)33(40)28-12-13-30-31(18-28)37-19-22(2)38-30/h12-16,18-19,22-23,25-27,38H,4-11,17,20H2,1-3H3. The number of anilines is 1. The third kappa shape index (κ3) is 7.41. The number of carbonyl (C=O) groups excluding carboxylic acids is 2. The highest BCUT2D eigenvalue weighted by Crippen LogP contribution is 2.43. The Balaban J connectivity index is 1.04. The van der Waals surface area contributed by atoms with Crippen LogP contribution in [0.15, 0.2) is 41.4 Å². The normalized spacial score (nSPS) is 26.1. The molecule has 0 bridgehead atoms. The van der Waals surface area contributed by atoms with Gasteiger partial charge in [0.1, 0.15) is 6.61 Å². The van der Waals surface area contributed by atoms with Crippen LogP contribution in [0.4, 0.5) is 20.2 Å². The van der Waals surface area contributed by atoms with Crippen LogP contribution < -0.4 is 5.32 Å². The fraction of sp³-hybridized carbons (Fsp3) is 0.559. The summed E-state index contributed by atoms with van der Waals surface area (Å²) in [7, 11) is 0. The van der Waals surface area contributed by atoms with Crippen LogP contribution in [-0.4, -0.2) is 24.0 Å². The molecule has 41 heavy (non-hydrogen) atoms. The van der Waals surface area contributed by atoms with Gasteiger partial charge in [0.15, 0.2) is 5.78 Å². The minimum atomic E-state index is -2.92. The van der Waals surface area contributed by atoms with Crippen LogP contribution >= 0.6 is 0 Å². The van der Waals surface area contributed by atoms with E-state index >= 15 is 0 Å². The van der Waals surface area contributed by atoms with Gasteiger partial charge in [-0.3, -0.25) is 14.6 Å². The Morgan fingerprint density at radius 3 is 2.34 bits per heavy atom. The molecule has 3 aliphatic rings. The van der Waals surface area contributed by atoms with Gasteiger partial charge in [0.25, 0.3) is 5.92 Å². The number of hydrogen-bond donors (Lipinski definition) is 1. The summed E-state index contributed by atoms with van der Waals surface area (Å²) >= 11 is 0. The Morgan fingerprint density at radius 1 is 0.976 bits per heavy atom. The van der Waals surface area contributed by atoms with Gasteiger partial charge < -0.3 is 10.1 Å². The molecule has 1 unspecified atom stereocenters. The number of nitrogens with one attached hydrogen (secondary N) is 1. The Morgan fingerprint density at radius 2 is 1.66 bits per heavy atom. The highest BCUT2D eigenvalue weighted by atomic mass is 19.3. The molecular weight excluding hydrogens is 522 g/mol. The summed E-state index contributed by atoms with van der Waals surface area (Å²) in [6.45, 7) is 4.72. The summed E-state index contributed by atoms with van der Waals surface area (Å²) in [5, 5.41) is 3.37. The quantitative estimate of drug-likeness (QED) is 0.258. The van der Waals surface area contributed by atoms with Crippen molar-refractivity contribution < 1.29 is 23.1 Å². The summed E-state index contributed by atoms with van der Waals surface area (Å²) in [4.78, 5) is 30.3. The maximum absolute atomic E-state index is 13.7. The molecule has 2 aliphatic carbocycles. The molecule has 2 aromatic rings. The number of aliphatic imine (C=N–C) groups is 1. The van der Waals surface area contributed by atoms with Crippen LogP contribution in [0.1, 0.15) is 98.7 Å². The second kappa shape index (κ2) is 12.4. The highest BCUT2D eigenvalue weighted by Gasteiger charge is 2.34. The first-order chi connectivity index (χ1) is 19.5. The van der Waals surface area contributed by atoms with Crippen LogP contribution in [0.3, 0.4) is 0 Å². The highest BCUT2D eigenvalue weighted by molar-refractivity contribution is 6.00. The Bertz CT molecular complexity index is 1290. The van der Waals surface area contributed by atoms with Gasteiger partial charge in [-0.05, 0) is 113 Å². The minimum absolute atomic E-state index is 0.0235. The molecule has 0 radical (unpaired) electrons. The van der Waals surface area contributed by atoms with Crippen molar-refractivity contribution in [2.75, 3.05) is 5.32 Å². The lowest BCUT2D eigenvalue weighted by Crippen LogP contribution is -2.29. The fourth-order valence-electron chi connectivity index (χ4n) is 7.00. The number of esters is 1. The van der Waals surface area contributed by atoms with E-state index in [1.807, 2.05) is 24.4 Å². The predicted octanol–water partition coefficient (Wildman–Crippen LogP) is 8.55. The molecule has 220 valence electrons. The van der Waals surface area contributed by atoms with Crippen molar-refractivity contribution in [2.24, 2.45) is 28.7 Å². The molecule has 5 rings (SSSR count). The monoisotopic (exact) mass is 564 g/mol. The topological polar surface area (TPSA) is 67.8 Å². The number of carbonyl (C=O) groups is 2. The number of rotatable bonds is 8. The summed E-state index contributed by atoms with van der Waals surface area (Å²) in [6.07, 6.45) is 10.6. The zero-order chi connectivity index (χ0) is 29.1. The number of alkyl halides is 2. The van der Waals surface area contributed by atoms with Crippen molar-refractivity contribution in [3.8, 4) is 0 Å². The van der Waals surface area contributed by atoms with Gasteiger partial charge in [0.05, 0.1) is 17.4 Å². The first-order valence-electron chi connectivity index (χ1n) is 15.2. The molecule has 1 aliphatic heterocycles. The number of ketones is 1. The third-order valence-corrected chi connectivity index (χ3v) is 9.30. The average molecular weight is 565 g/mol. The number of fused-ring (bicyclic) bond motifs is 1. The van der Waals surface area contributed by atoms with Gasteiger partial charge in [-0.25, -0.2) is 8.78 Å². The molecule has 0 aromatic heterocycles. The first-order valence-corrected chi connectivity index (χ1v) is 15.2. The van der Waals surface area contributed by atoms with E-state index in [-0.39, 0.29) is 35.9 Å². The van der Waals surface area contributed by atoms with E-state index in [9.17, 15) is 18.4 Å². The molecule has 2 aromatic carbocycles. The van der Waals surface area contributed by atoms with Crippen molar-refractivity contribution in [3.05, 3.63) is 58.7 Å². The molecule has 1 atom stereocenters. The van der Waals surface area contributed by atoms with Gasteiger partial charge in [0, 0.05) is 36.6 Å². The van der Waals surface area contributed by atoms with Crippen molar-refractivity contribution in [2.45, 2.75) is 97.1 Å². The lowest BCUT2D eigenvalue weighted by molar-refractivity contribution is -0.146. The number of halogens is 2. The van der Waals surface area contributed by atoms with Gasteiger partial charge >= 0.3 is 5.97 Å². The van der Waals surface area contributed by atoms with Crippen molar-refractivity contribution in [1.29, 1.82) is 0 Å². The third-order valence-electron chi connectivity index (χ3n) is 9.30. The van der Waals surface area contributed by atoms with Gasteiger partial charge in [-0.1, -0.05) is 17.7 Å². The second-order valence-electron chi connectivity index (χ2n) is 12.7. The molecule has 0 saturated heterocycles. The van der Waals surface area contributed by atoms with Crippen LogP contribution in [0.2, 0.25) is 0 Å². The lowest BCUT2D eigenvalue weighted by atomic mass is 9.68. The van der Waals surface area contributed by atoms with Crippen LogP contribution in [-0.2, 0) is 22.1 Å². The zero-order valence-corrected chi connectivity index (χ0v) is 24.4. The van der Waals surface area contributed by atoms with Gasteiger partial charge in [-0.15, -0.1) is 0 Å². The van der Waals surface area contributed by atoms with Gasteiger partial charge in [0.2, 0.25) is 0 Å².